The summed E-state index contributed by atoms with van der Waals surface area (Å²) in [6.07, 6.45) is 0. The molecule has 0 aromatic heterocycles. The number of hydrogen-bond acceptors (Lipinski definition) is 4. The van der Waals surface area contributed by atoms with Crippen LogP contribution in [0, 0.1) is 0 Å². The Kier molecular flexibility index (Phi) is 12.7. The summed E-state index contributed by atoms with van der Waals surface area (Å²) in [5, 5.41) is -8.15. The second kappa shape index (κ2) is 17.0. The summed E-state index contributed by atoms with van der Waals surface area (Å²) in [6, 6.07) is 34.8. The standard InChI is InChI=1S/C52H42B12O2S2/c1-45(2)32-18-10-12-22-38(32)67-48(7,8)35-19-13-15-29(43(35)66-45)39-33(49(53,54)55)25-23-27(41(39)51(59,60)61)28-24-26-34(50(56,57)58)40(42(28)52(62,63)64)30-16-14-20-36-44(30)68-47(5,6)31-17-9-11-21-37(31)65-46(36,3)4/h9-26H,1-8H3. The summed E-state index contributed by atoms with van der Waals surface area (Å²) >= 11 is 3.36. The first-order chi connectivity index (χ1) is 31.3. The molecule has 0 saturated heterocycles. The molecule has 0 bridgehead atoms. The molecule has 2 aliphatic rings. The van der Waals surface area contributed by atoms with Crippen molar-refractivity contribution in [3.63, 3.8) is 0 Å². The second-order valence-electron chi connectivity index (χ2n) is 20.4. The Morgan fingerprint density at radius 2 is 0.824 bits per heavy atom. The van der Waals surface area contributed by atoms with Gasteiger partial charge in [0.05, 0.1) is 94.2 Å². The van der Waals surface area contributed by atoms with Crippen LogP contribution in [0.1, 0.15) is 99.9 Å². The van der Waals surface area contributed by atoms with E-state index in [2.05, 4.69) is 45.9 Å². The van der Waals surface area contributed by atoms with Gasteiger partial charge in [-0.3, -0.25) is 0 Å². The van der Waals surface area contributed by atoms with Gasteiger partial charge >= 0.3 is 0 Å². The third kappa shape index (κ3) is 9.14. The Labute approximate surface area is 429 Å². The number of hydrogen-bond donors (Lipinski definition) is 0. The van der Waals surface area contributed by atoms with Crippen molar-refractivity contribution in [2.45, 2.75) is 106 Å². The maximum Gasteiger partial charge on any atom is 0.133 e. The molecule has 2 aliphatic heterocycles. The predicted octanol–water partition coefficient (Wildman–Crippen LogP) is 8.46. The number of benzene rings is 6. The van der Waals surface area contributed by atoms with Crippen LogP contribution in [0.2, 0.25) is 0 Å². The molecule has 0 unspecified atom stereocenters. The van der Waals surface area contributed by atoms with Gasteiger partial charge in [-0.15, -0.1) is 44.0 Å². The van der Waals surface area contributed by atoms with Crippen molar-refractivity contribution >= 4 is 118 Å². The summed E-state index contributed by atoms with van der Waals surface area (Å²) in [7, 11) is 82.2. The number of para-hydroxylation sites is 2. The predicted molar refractivity (Wildman–Crippen MR) is 296 cm³/mol. The van der Waals surface area contributed by atoms with Crippen LogP contribution in [0.5, 0.6) is 11.5 Å². The fourth-order valence-electron chi connectivity index (χ4n) is 9.86. The third-order valence-corrected chi connectivity index (χ3v) is 15.6. The smallest absolute Gasteiger partial charge is 0.133 e. The van der Waals surface area contributed by atoms with Crippen LogP contribution in [-0.4, -0.2) is 94.2 Å². The van der Waals surface area contributed by atoms with E-state index in [0.29, 0.717) is 39.1 Å². The number of thioether (sulfide) groups is 2. The lowest BCUT2D eigenvalue weighted by Crippen LogP contribution is -2.35. The van der Waals surface area contributed by atoms with E-state index in [9.17, 15) is 0 Å². The minimum Gasteiger partial charge on any atom is -0.483 e. The Morgan fingerprint density at radius 1 is 0.382 bits per heavy atom. The second-order valence-corrected chi connectivity index (χ2v) is 23.7. The summed E-state index contributed by atoms with van der Waals surface area (Å²) in [4.78, 5) is 1.92. The van der Waals surface area contributed by atoms with Gasteiger partial charge in [0.1, 0.15) is 22.7 Å². The van der Waals surface area contributed by atoms with Crippen LogP contribution in [0.15, 0.2) is 119 Å². The summed E-state index contributed by atoms with van der Waals surface area (Å²) in [6.45, 7) is 16.6. The lowest BCUT2D eigenvalue weighted by molar-refractivity contribution is 0.103. The van der Waals surface area contributed by atoms with Crippen molar-refractivity contribution in [3.05, 3.63) is 154 Å². The van der Waals surface area contributed by atoms with E-state index in [4.69, 9.17) is 104 Å². The van der Waals surface area contributed by atoms with Gasteiger partial charge < -0.3 is 9.47 Å². The summed E-state index contributed by atoms with van der Waals surface area (Å²) in [5.41, 5.74) is 5.60. The molecular formula is C52H42B12O2S2. The quantitative estimate of drug-likeness (QED) is 0.150. The fourth-order valence-corrected chi connectivity index (χ4v) is 12.7. The minimum absolute atomic E-state index is 0.178. The van der Waals surface area contributed by atoms with Crippen molar-refractivity contribution in [3.8, 4) is 44.9 Å². The summed E-state index contributed by atoms with van der Waals surface area (Å²) < 4.78 is 13.0. The van der Waals surface area contributed by atoms with E-state index in [1.54, 1.807) is 47.8 Å². The van der Waals surface area contributed by atoms with Crippen LogP contribution < -0.4 is 9.47 Å². The largest absolute Gasteiger partial charge is 0.483 e. The number of ether oxygens (including phenoxy) is 2. The SMILES string of the molecule is [B]C([B])([B])c1ccc(-c2ccc(C([B])([B])[B])c(-c3cccc4c3SC(C)(C)c3ccccc3OC4(C)C)c2C([B])([B])[B])c(C([B])([B])[B])c1-c1cccc2c1OC(C)(C)c1ccccc1SC2(C)C. The van der Waals surface area contributed by atoms with Crippen molar-refractivity contribution in [2.24, 2.45) is 0 Å². The average molecular weight is 893 g/mol. The molecule has 0 atom stereocenters. The van der Waals surface area contributed by atoms with Crippen molar-refractivity contribution in [1.29, 1.82) is 0 Å². The van der Waals surface area contributed by atoms with Gasteiger partial charge in [0, 0.05) is 47.1 Å². The lowest BCUT2D eigenvalue weighted by Gasteiger charge is -2.41. The first-order valence-corrected chi connectivity index (χ1v) is 23.9. The Bertz CT molecular complexity index is 2780. The average Bonchev–Trinajstić information content (AvgIpc) is 3.20. The maximum atomic E-state index is 7.22. The van der Waals surface area contributed by atoms with Crippen molar-refractivity contribution < 1.29 is 9.47 Å². The summed E-state index contributed by atoms with van der Waals surface area (Å²) in [5.74, 6) is 1.29. The van der Waals surface area contributed by atoms with Gasteiger partial charge in [0.15, 0.2) is 0 Å². The molecule has 0 aliphatic carbocycles. The van der Waals surface area contributed by atoms with Gasteiger partial charge in [0.2, 0.25) is 0 Å². The van der Waals surface area contributed by atoms with Gasteiger partial charge in [-0.25, -0.2) is 0 Å². The first kappa shape index (κ1) is 50.8. The zero-order valence-electron chi connectivity index (χ0n) is 40.0. The molecule has 2 nitrogen and oxygen atoms in total. The maximum absolute atomic E-state index is 7.22. The van der Waals surface area contributed by atoms with E-state index in [1.807, 2.05) is 94.4 Å². The van der Waals surface area contributed by atoms with Crippen LogP contribution in [0.25, 0.3) is 33.4 Å². The molecule has 0 spiro atoms. The van der Waals surface area contributed by atoms with E-state index in [1.165, 1.54) is 0 Å². The third-order valence-electron chi connectivity index (χ3n) is 12.9. The first-order valence-electron chi connectivity index (χ1n) is 22.3. The highest BCUT2D eigenvalue weighted by Crippen LogP contribution is 2.58. The fraction of sp³-hybridized carbons (Fsp3) is 0.308. The molecule has 6 aromatic carbocycles. The van der Waals surface area contributed by atoms with Crippen LogP contribution in [-0.2, 0) is 41.1 Å². The highest BCUT2D eigenvalue weighted by molar-refractivity contribution is 8.00. The molecule has 0 amide bonds. The Hall–Kier alpha value is -3.60. The van der Waals surface area contributed by atoms with E-state index >= 15 is 0 Å². The topological polar surface area (TPSA) is 18.5 Å². The molecule has 0 saturated carbocycles. The molecule has 310 valence electrons. The normalized spacial score (nSPS) is 17.2. The van der Waals surface area contributed by atoms with Crippen molar-refractivity contribution in [1.82, 2.24) is 0 Å². The minimum atomic E-state index is -2.13. The van der Waals surface area contributed by atoms with Crippen LogP contribution in [0.3, 0.4) is 0 Å². The van der Waals surface area contributed by atoms with Crippen LogP contribution >= 0.6 is 23.5 Å². The van der Waals surface area contributed by atoms with Gasteiger partial charge in [0.25, 0.3) is 0 Å². The number of rotatable bonds is 7. The van der Waals surface area contributed by atoms with E-state index < -0.39 is 41.1 Å². The molecule has 68 heavy (non-hydrogen) atoms. The Morgan fingerprint density at radius 3 is 1.37 bits per heavy atom. The van der Waals surface area contributed by atoms with E-state index in [-0.39, 0.29) is 22.3 Å². The monoisotopic (exact) mass is 894 g/mol. The van der Waals surface area contributed by atoms with Gasteiger partial charge in [-0.05, 0) is 95.3 Å². The van der Waals surface area contributed by atoms with Crippen LogP contribution in [0.4, 0.5) is 0 Å². The van der Waals surface area contributed by atoms with Crippen molar-refractivity contribution in [2.75, 3.05) is 0 Å². The molecule has 2 heterocycles. The highest BCUT2D eigenvalue weighted by atomic mass is 32.2. The number of fused-ring (bicyclic) bond motifs is 4. The molecule has 0 fully saturated rings. The molecule has 6 aromatic rings. The molecule has 0 N–H and O–H groups in total. The highest BCUT2D eigenvalue weighted by Gasteiger charge is 2.42. The lowest BCUT2D eigenvalue weighted by atomic mass is 9.35. The molecular weight excluding hydrogens is 850 g/mol. The molecule has 16 heteroatoms. The Balaban J connectivity index is 1.50. The zero-order valence-corrected chi connectivity index (χ0v) is 41.6. The molecule has 8 rings (SSSR count). The molecule has 24 radical (unpaired) electrons. The zero-order chi connectivity index (χ0) is 49.9. The van der Waals surface area contributed by atoms with Gasteiger partial charge in [-0.2, -0.15) is 0 Å². The van der Waals surface area contributed by atoms with Gasteiger partial charge in [-0.1, -0.05) is 119 Å². The van der Waals surface area contributed by atoms with E-state index in [0.717, 1.165) is 37.8 Å².